The van der Waals surface area contributed by atoms with E-state index in [1.165, 1.54) is 4.90 Å². The smallest absolute Gasteiger partial charge is 0.277 e. The van der Waals surface area contributed by atoms with Gasteiger partial charge in [0.15, 0.2) is 0 Å². The first-order valence-electron chi connectivity index (χ1n) is 9.06. The summed E-state index contributed by atoms with van der Waals surface area (Å²) in [5, 5.41) is 0. The predicted molar refractivity (Wildman–Crippen MR) is 102 cm³/mol. The Balaban J connectivity index is 2.51. The van der Waals surface area contributed by atoms with Crippen molar-refractivity contribution in [3.63, 3.8) is 0 Å². The Labute approximate surface area is 160 Å². The zero-order valence-corrected chi connectivity index (χ0v) is 16.5. The van der Waals surface area contributed by atoms with Gasteiger partial charge in [0.1, 0.15) is 11.4 Å². The molecule has 0 bridgehead atoms. The molecule has 0 N–H and O–H groups in total. The molecule has 0 unspecified atom stereocenters. The monoisotopic (exact) mass is 376 g/mol. The van der Waals surface area contributed by atoms with Gasteiger partial charge in [0.2, 0.25) is 0 Å². The third kappa shape index (κ3) is 4.67. The fourth-order valence-corrected chi connectivity index (χ4v) is 3.04. The van der Waals surface area contributed by atoms with E-state index in [9.17, 15) is 9.59 Å². The fourth-order valence-electron chi connectivity index (χ4n) is 3.04. The molecule has 0 saturated heterocycles. The summed E-state index contributed by atoms with van der Waals surface area (Å²) in [6.45, 7) is 4.21. The Morgan fingerprint density at radius 3 is 2.00 bits per heavy atom. The first kappa shape index (κ1) is 20.9. The van der Waals surface area contributed by atoms with Crippen LogP contribution < -0.4 is 4.74 Å². The summed E-state index contributed by atoms with van der Waals surface area (Å²) in [6, 6.07) is 7.18. The molecule has 0 radical (unpaired) electrons. The van der Waals surface area contributed by atoms with E-state index >= 15 is 0 Å². The van der Waals surface area contributed by atoms with E-state index in [-0.39, 0.29) is 11.8 Å². The van der Waals surface area contributed by atoms with Crippen molar-refractivity contribution >= 4 is 17.4 Å². The minimum atomic E-state index is -0.264. The van der Waals surface area contributed by atoms with Crippen LogP contribution in [-0.2, 0) is 19.1 Å². The lowest BCUT2D eigenvalue weighted by molar-refractivity contribution is -0.137. The van der Waals surface area contributed by atoms with Crippen molar-refractivity contribution < 1.29 is 23.8 Å². The van der Waals surface area contributed by atoms with Gasteiger partial charge in [-0.05, 0) is 24.1 Å². The Morgan fingerprint density at radius 2 is 1.52 bits per heavy atom. The molecular formula is C20H28N2O5. The molecule has 27 heavy (non-hydrogen) atoms. The molecule has 7 heteroatoms. The maximum Gasteiger partial charge on any atom is 0.277 e. The summed E-state index contributed by atoms with van der Waals surface area (Å²) in [6.07, 6.45) is 0.705. The first-order valence-corrected chi connectivity index (χ1v) is 9.06. The summed E-state index contributed by atoms with van der Waals surface area (Å²) in [7, 11) is 4.81. The minimum Gasteiger partial charge on any atom is -0.497 e. The second kappa shape index (κ2) is 10.1. The molecule has 0 aromatic heterocycles. The molecule has 0 saturated carbocycles. The Bertz CT molecular complexity index is 676. The van der Waals surface area contributed by atoms with Crippen LogP contribution in [0.4, 0.5) is 0 Å². The third-order valence-electron chi connectivity index (χ3n) is 4.42. The highest BCUT2D eigenvalue weighted by Gasteiger charge is 2.40. The SMILES string of the molecule is CCCN1C(=O)C(c2ccc(OC)cc2)=C(N(CCOC)CCOC)C1=O. The van der Waals surface area contributed by atoms with Crippen LogP contribution in [0.2, 0.25) is 0 Å². The largest absolute Gasteiger partial charge is 0.497 e. The maximum atomic E-state index is 13.1. The highest BCUT2D eigenvalue weighted by atomic mass is 16.5. The van der Waals surface area contributed by atoms with Crippen molar-refractivity contribution in [1.82, 2.24) is 9.80 Å². The van der Waals surface area contributed by atoms with E-state index < -0.39 is 0 Å². The Morgan fingerprint density at radius 1 is 0.926 bits per heavy atom. The van der Waals surface area contributed by atoms with Crippen LogP contribution in [0.25, 0.3) is 5.57 Å². The van der Waals surface area contributed by atoms with E-state index in [1.807, 2.05) is 11.8 Å². The van der Waals surface area contributed by atoms with Crippen LogP contribution in [-0.4, -0.2) is 75.8 Å². The van der Waals surface area contributed by atoms with Crippen molar-refractivity contribution in [2.45, 2.75) is 13.3 Å². The van der Waals surface area contributed by atoms with Crippen molar-refractivity contribution in [1.29, 1.82) is 0 Å². The van der Waals surface area contributed by atoms with E-state index in [1.54, 1.807) is 45.6 Å². The quantitative estimate of drug-likeness (QED) is 0.549. The lowest BCUT2D eigenvalue weighted by Gasteiger charge is -2.25. The standard InChI is InChI=1S/C20H28N2O5/c1-5-10-22-19(23)17(15-6-8-16(27-4)9-7-15)18(20(22)24)21(11-13-25-2)12-14-26-3/h6-9H,5,10-14H2,1-4H3. The summed E-state index contributed by atoms with van der Waals surface area (Å²) >= 11 is 0. The lowest BCUT2D eigenvalue weighted by Crippen LogP contribution is -2.38. The van der Waals surface area contributed by atoms with Gasteiger partial charge >= 0.3 is 0 Å². The third-order valence-corrected chi connectivity index (χ3v) is 4.42. The summed E-state index contributed by atoms with van der Waals surface area (Å²) in [4.78, 5) is 29.3. The molecule has 1 aliphatic rings. The minimum absolute atomic E-state index is 0.262. The van der Waals surface area contributed by atoms with Crippen molar-refractivity contribution in [2.75, 3.05) is 54.2 Å². The molecule has 2 amide bonds. The van der Waals surface area contributed by atoms with Crippen molar-refractivity contribution in [3.05, 3.63) is 35.5 Å². The molecule has 1 heterocycles. The molecule has 1 aromatic carbocycles. The van der Waals surface area contributed by atoms with Crippen LogP contribution >= 0.6 is 0 Å². The van der Waals surface area contributed by atoms with Crippen LogP contribution in [0.15, 0.2) is 30.0 Å². The van der Waals surface area contributed by atoms with Gasteiger partial charge in [-0.3, -0.25) is 14.5 Å². The number of carbonyl (C=O) groups excluding carboxylic acids is 2. The molecule has 0 atom stereocenters. The summed E-state index contributed by atoms with van der Waals surface area (Å²) in [5.41, 5.74) is 1.53. The van der Waals surface area contributed by atoms with Crippen molar-refractivity contribution in [3.8, 4) is 5.75 Å². The average Bonchev–Trinajstić information content (AvgIpc) is 2.93. The van der Waals surface area contributed by atoms with E-state index in [4.69, 9.17) is 14.2 Å². The number of methoxy groups -OCH3 is 3. The number of nitrogens with zero attached hydrogens (tertiary/aromatic N) is 2. The molecule has 0 aliphatic carbocycles. The molecule has 7 nitrogen and oxygen atoms in total. The van der Waals surface area contributed by atoms with Crippen LogP contribution in [0.5, 0.6) is 5.75 Å². The average molecular weight is 376 g/mol. The number of benzene rings is 1. The number of ether oxygens (including phenoxy) is 3. The maximum absolute atomic E-state index is 13.1. The van der Waals surface area contributed by atoms with Crippen LogP contribution in [0.3, 0.4) is 0 Å². The predicted octanol–water partition coefficient (Wildman–Crippen LogP) is 1.78. The zero-order chi connectivity index (χ0) is 19.8. The summed E-state index contributed by atoms with van der Waals surface area (Å²) in [5.74, 6) is 0.167. The number of hydrogen-bond acceptors (Lipinski definition) is 6. The zero-order valence-electron chi connectivity index (χ0n) is 16.5. The Kier molecular flexibility index (Phi) is 7.82. The molecule has 1 aromatic rings. The number of amides is 2. The molecule has 0 spiro atoms. The van der Waals surface area contributed by atoms with E-state index in [2.05, 4.69) is 0 Å². The van der Waals surface area contributed by atoms with Crippen molar-refractivity contribution in [2.24, 2.45) is 0 Å². The molecule has 1 aliphatic heterocycles. The number of carbonyl (C=O) groups is 2. The highest BCUT2D eigenvalue weighted by Crippen LogP contribution is 2.32. The first-order chi connectivity index (χ1) is 13.1. The van der Waals surface area contributed by atoms with Gasteiger partial charge in [-0.25, -0.2) is 0 Å². The van der Waals surface area contributed by atoms with Gasteiger partial charge in [0, 0.05) is 33.9 Å². The molecule has 0 fully saturated rings. The van der Waals surface area contributed by atoms with Gasteiger partial charge in [-0.15, -0.1) is 0 Å². The molecular weight excluding hydrogens is 348 g/mol. The Hall–Kier alpha value is -2.38. The van der Waals surface area contributed by atoms with E-state index in [0.717, 1.165) is 0 Å². The number of imide groups is 1. The normalized spacial score (nSPS) is 14.3. The van der Waals surface area contributed by atoms with Gasteiger partial charge in [0.05, 0.1) is 25.9 Å². The van der Waals surface area contributed by atoms with Gasteiger partial charge in [-0.1, -0.05) is 19.1 Å². The second-order valence-corrected chi connectivity index (χ2v) is 6.19. The number of hydrogen-bond donors (Lipinski definition) is 0. The fraction of sp³-hybridized carbons (Fsp3) is 0.500. The topological polar surface area (TPSA) is 68.3 Å². The van der Waals surface area contributed by atoms with Gasteiger partial charge < -0.3 is 19.1 Å². The van der Waals surface area contributed by atoms with Crippen LogP contribution in [0.1, 0.15) is 18.9 Å². The van der Waals surface area contributed by atoms with Gasteiger partial charge in [0.25, 0.3) is 11.8 Å². The lowest BCUT2D eigenvalue weighted by atomic mass is 10.0. The highest BCUT2D eigenvalue weighted by molar-refractivity contribution is 6.35. The van der Waals surface area contributed by atoms with Crippen LogP contribution in [0, 0.1) is 0 Å². The summed E-state index contributed by atoms with van der Waals surface area (Å²) < 4.78 is 15.6. The second-order valence-electron chi connectivity index (χ2n) is 6.19. The molecule has 148 valence electrons. The number of rotatable bonds is 11. The van der Waals surface area contributed by atoms with Gasteiger partial charge in [-0.2, -0.15) is 0 Å². The molecule has 2 rings (SSSR count). The van der Waals surface area contributed by atoms with E-state index in [0.29, 0.717) is 61.9 Å².